The van der Waals surface area contributed by atoms with E-state index < -0.39 is 0 Å². The zero-order valence-corrected chi connectivity index (χ0v) is 16.9. The molecular formula is C21H27ClN4O2. The van der Waals surface area contributed by atoms with Crippen molar-refractivity contribution in [1.29, 1.82) is 0 Å². The summed E-state index contributed by atoms with van der Waals surface area (Å²) in [6, 6.07) is 7.30. The molecule has 1 aromatic carbocycles. The van der Waals surface area contributed by atoms with Crippen LogP contribution in [0.25, 0.3) is 10.9 Å². The molecule has 0 radical (unpaired) electrons. The summed E-state index contributed by atoms with van der Waals surface area (Å²) in [5.74, 6) is 0.621. The van der Waals surface area contributed by atoms with Gasteiger partial charge in [-0.1, -0.05) is 11.6 Å². The van der Waals surface area contributed by atoms with Gasteiger partial charge in [-0.2, -0.15) is 0 Å². The fourth-order valence-electron chi connectivity index (χ4n) is 3.97. The molecule has 0 bridgehead atoms. The van der Waals surface area contributed by atoms with Gasteiger partial charge in [0, 0.05) is 50.9 Å². The highest BCUT2D eigenvalue weighted by atomic mass is 35.5. The first-order valence-electron chi connectivity index (χ1n) is 10.1. The van der Waals surface area contributed by atoms with E-state index in [9.17, 15) is 4.79 Å². The first kappa shape index (κ1) is 19.4. The average Bonchev–Trinajstić information content (AvgIpc) is 3.26. The SMILES string of the molecule is O=C(COc1ccc(Cl)c2cccnc12)N1CCN(CCN2CCCC2)CC1. The van der Waals surface area contributed by atoms with Crippen molar-refractivity contribution in [3.05, 3.63) is 35.5 Å². The molecule has 1 aromatic heterocycles. The molecule has 1 amide bonds. The van der Waals surface area contributed by atoms with Crippen molar-refractivity contribution in [3.8, 4) is 5.75 Å². The second kappa shape index (κ2) is 9.07. The van der Waals surface area contributed by atoms with Gasteiger partial charge in [-0.3, -0.25) is 14.7 Å². The van der Waals surface area contributed by atoms with Crippen molar-refractivity contribution in [2.24, 2.45) is 0 Å². The summed E-state index contributed by atoms with van der Waals surface area (Å²) < 4.78 is 5.80. The monoisotopic (exact) mass is 402 g/mol. The summed E-state index contributed by atoms with van der Waals surface area (Å²) in [5.41, 5.74) is 0.689. The molecule has 4 rings (SSSR count). The molecule has 0 aliphatic carbocycles. The molecule has 28 heavy (non-hydrogen) atoms. The number of rotatable bonds is 6. The van der Waals surface area contributed by atoms with Crippen molar-refractivity contribution < 1.29 is 9.53 Å². The average molecular weight is 403 g/mol. The van der Waals surface area contributed by atoms with E-state index >= 15 is 0 Å². The van der Waals surface area contributed by atoms with Gasteiger partial charge in [0.25, 0.3) is 5.91 Å². The highest BCUT2D eigenvalue weighted by Gasteiger charge is 2.22. The predicted octanol–water partition coefficient (Wildman–Crippen LogP) is 2.51. The van der Waals surface area contributed by atoms with Gasteiger partial charge in [0.05, 0.1) is 5.02 Å². The minimum absolute atomic E-state index is 0.0261. The normalized spacial score (nSPS) is 18.7. The van der Waals surface area contributed by atoms with Gasteiger partial charge in [-0.25, -0.2) is 0 Å². The van der Waals surface area contributed by atoms with E-state index in [4.69, 9.17) is 16.3 Å². The topological polar surface area (TPSA) is 48.9 Å². The molecule has 6 nitrogen and oxygen atoms in total. The van der Waals surface area contributed by atoms with Crippen LogP contribution in [0.1, 0.15) is 12.8 Å². The number of aromatic nitrogens is 1. The number of halogens is 1. The number of fused-ring (bicyclic) bond motifs is 1. The van der Waals surface area contributed by atoms with Gasteiger partial charge in [0.2, 0.25) is 0 Å². The summed E-state index contributed by atoms with van der Waals surface area (Å²) in [5, 5.41) is 1.47. The lowest BCUT2D eigenvalue weighted by molar-refractivity contribution is -0.135. The van der Waals surface area contributed by atoms with Crippen molar-refractivity contribution in [3.63, 3.8) is 0 Å². The van der Waals surface area contributed by atoms with Crippen LogP contribution < -0.4 is 4.74 Å². The van der Waals surface area contributed by atoms with Crippen molar-refractivity contribution in [2.75, 3.05) is 59.0 Å². The minimum Gasteiger partial charge on any atom is -0.481 e. The van der Waals surface area contributed by atoms with Crippen LogP contribution in [-0.2, 0) is 4.79 Å². The van der Waals surface area contributed by atoms with Crippen LogP contribution in [0.15, 0.2) is 30.5 Å². The Morgan fingerprint density at radius 1 is 1.00 bits per heavy atom. The van der Waals surface area contributed by atoms with Gasteiger partial charge in [-0.05, 0) is 50.2 Å². The van der Waals surface area contributed by atoms with Gasteiger partial charge >= 0.3 is 0 Å². The number of likely N-dealkylation sites (tertiary alicyclic amines) is 1. The molecular weight excluding hydrogens is 376 g/mol. The lowest BCUT2D eigenvalue weighted by Crippen LogP contribution is -2.51. The second-order valence-corrected chi connectivity index (χ2v) is 7.91. The van der Waals surface area contributed by atoms with Gasteiger partial charge in [0.15, 0.2) is 6.61 Å². The van der Waals surface area contributed by atoms with Gasteiger partial charge in [0.1, 0.15) is 11.3 Å². The van der Waals surface area contributed by atoms with Crippen LogP contribution in [0.4, 0.5) is 0 Å². The third kappa shape index (κ3) is 4.57. The molecule has 2 aromatic rings. The fraction of sp³-hybridized carbons (Fsp3) is 0.524. The molecule has 0 atom stereocenters. The first-order chi connectivity index (χ1) is 13.7. The Bertz CT molecular complexity index is 817. The third-order valence-corrected chi connectivity index (χ3v) is 6.02. The number of carbonyl (C=O) groups is 1. The lowest BCUT2D eigenvalue weighted by Gasteiger charge is -2.35. The Labute approximate surface area is 171 Å². The van der Waals surface area contributed by atoms with E-state index in [-0.39, 0.29) is 12.5 Å². The predicted molar refractivity (Wildman–Crippen MR) is 111 cm³/mol. The Balaban J connectivity index is 1.25. The Hall–Kier alpha value is -1.89. The number of benzene rings is 1. The fourth-order valence-corrected chi connectivity index (χ4v) is 4.18. The summed E-state index contributed by atoms with van der Waals surface area (Å²) in [6.07, 6.45) is 4.37. The first-order valence-corrected chi connectivity index (χ1v) is 10.5. The number of hydrogen-bond donors (Lipinski definition) is 0. The Kier molecular flexibility index (Phi) is 6.29. The maximum Gasteiger partial charge on any atom is 0.260 e. The third-order valence-electron chi connectivity index (χ3n) is 5.69. The molecule has 0 spiro atoms. The summed E-state index contributed by atoms with van der Waals surface area (Å²) >= 11 is 6.22. The standard InChI is InChI=1S/C21H27ClN4O2/c22-18-5-6-19(21-17(18)4-3-7-23-21)28-16-20(27)26-14-12-25(13-15-26)11-10-24-8-1-2-9-24/h3-7H,1-2,8-16H2. The summed E-state index contributed by atoms with van der Waals surface area (Å²) in [7, 11) is 0. The van der Waals surface area contributed by atoms with Crippen LogP contribution >= 0.6 is 11.6 Å². The number of hydrogen-bond acceptors (Lipinski definition) is 5. The van der Waals surface area contributed by atoms with E-state index in [0.29, 0.717) is 16.3 Å². The molecule has 0 N–H and O–H groups in total. The quantitative estimate of drug-likeness (QED) is 0.743. The molecule has 0 saturated carbocycles. The van der Waals surface area contributed by atoms with E-state index in [1.807, 2.05) is 17.0 Å². The number of piperazine rings is 1. The van der Waals surface area contributed by atoms with E-state index in [2.05, 4.69) is 14.8 Å². The maximum absolute atomic E-state index is 12.6. The number of ether oxygens (including phenoxy) is 1. The minimum atomic E-state index is 0.0261. The molecule has 2 fully saturated rings. The maximum atomic E-state index is 12.6. The largest absolute Gasteiger partial charge is 0.481 e. The number of nitrogens with zero attached hydrogens (tertiary/aromatic N) is 4. The lowest BCUT2D eigenvalue weighted by atomic mass is 10.2. The molecule has 0 unspecified atom stereocenters. The second-order valence-electron chi connectivity index (χ2n) is 7.50. The van der Waals surface area contributed by atoms with Crippen molar-refractivity contribution in [1.82, 2.24) is 19.7 Å². The van der Waals surface area contributed by atoms with E-state index in [0.717, 1.165) is 44.7 Å². The molecule has 2 saturated heterocycles. The van der Waals surface area contributed by atoms with Crippen LogP contribution in [0, 0.1) is 0 Å². The Morgan fingerprint density at radius 2 is 1.71 bits per heavy atom. The summed E-state index contributed by atoms with van der Waals surface area (Å²) in [4.78, 5) is 23.8. The number of amides is 1. The summed E-state index contributed by atoms with van der Waals surface area (Å²) in [6.45, 7) is 8.16. The highest BCUT2D eigenvalue weighted by molar-refractivity contribution is 6.35. The Morgan fingerprint density at radius 3 is 2.46 bits per heavy atom. The molecule has 3 heterocycles. The zero-order valence-electron chi connectivity index (χ0n) is 16.1. The van der Waals surface area contributed by atoms with Crippen LogP contribution in [0.5, 0.6) is 5.75 Å². The van der Waals surface area contributed by atoms with Gasteiger partial charge in [-0.15, -0.1) is 0 Å². The molecule has 2 aliphatic rings. The molecule has 2 aliphatic heterocycles. The number of carbonyl (C=O) groups excluding carboxylic acids is 1. The van der Waals surface area contributed by atoms with Crippen LogP contribution in [-0.4, -0.2) is 84.6 Å². The van der Waals surface area contributed by atoms with E-state index in [1.54, 1.807) is 18.3 Å². The molecule has 7 heteroatoms. The smallest absolute Gasteiger partial charge is 0.260 e. The van der Waals surface area contributed by atoms with Crippen molar-refractivity contribution >= 4 is 28.4 Å². The number of pyridine rings is 1. The zero-order chi connectivity index (χ0) is 19.3. The van der Waals surface area contributed by atoms with Gasteiger partial charge < -0.3 is 14.5 Å². The van der Waals surface area contributed by atoms with Crippen LogP contribution in [0.2, 0.25) is 5.02 Å². The van der Waals surface area contributed by atoms with Crippen molar-refractivity contribution in [2.45, 2.75) is 12.8 Å². The van der Waals surface area contributed by atoms with Crippen LogP contribution in [0.3, 0.4) is 0 Å². The molecule has 150 valence electrons. The highest BCUT2D eigenvalue weighted by Crippen LogP contribution is 2.29. The van der Waals surface area contributed by atoms with E-state index in [1.165, 1.54) is 25.9 Å².